The first kappa shape index (κ1) is 12.8. The van der Waals surface area contributed by atoms with Crippen molar-refractivity contribution in [3.63, 3.8) is 0 Å². The molecule has 94 valence electrons. The molecule has 1 aliphatic heterocycles. The van der Waals surface area contributed by atoms with Gasteiger partial charge in [-0.1, -0.05) is 38.5 Å². The molecule has 1 saturated carbocycles. The highest BCUT2D eigenvalue weighted by atomic mass is 32.2. The van der Waals surface area contributed by atoms with Gasteiger partial charge in [-0.25, -0.2) is 0 Å². The molecule has 0 bridgehead atoms. The van der Waals surface area contributed by atoms with E-state index in [2.05, 4.69) is 17.1 Å². The minimum atomic E-state index is 0.836. The zero-order valence-corrected chi connectivity index (χ0v) is 11.4. The molecule has 0 aromatic heterocycles. The Bertz CT molecular complexity index is 170. The summed E-state index contributed by atoms with van der Waals surface area (Å²) in [6, 6.07) is 0.836. The smallest absolute Gasteiger partial charge is 0.0172 e. The molecule has 2 aliphatic rings. The SMILES string of the molecule is C1CCCC(NCC2CCCCS2)CCC1. The summed E-state index contributed by atoms with van der Waals surface area (Å²) in [5.74, 6) is 1.40. The lowest BCUT2D eigenvalue weighted by Gasteiger charge is -2.26. The first-order valence-corrected chi connectivity index (χ1v) is 8.35. The molecule has 1 saturated heterocycles. The van der Waals surface area contributed by atoms with Gasteiger partial charge < -0.3 is 5.32 Å². The molecule has 2 rings (SSSR count). The molecule has 2 heteroatoms. The topological polar surface area (TPSA) is 12.0 Å². The maximum Gasteiger partial charge on any atom is 0.0172 e. The Morgan fingerprint density at radius 3 is 2.19 bits per heavy atom. The van der Waals surface area contributed by atoms with Crippen LogP contribution in [-0.2, 0) is 0 Å². The number of nitrogens with one attached hydrogen (secondary N) is 1. The van der Waals surface area contributed by atoms with Gasteiger partial charge in [0.1, 0.15) is 0 Å². The van der Waals surface area contributed by atoms with Gasteiger partial charge >= 0.3 is 0 Å². The highest BCUT2D eigenvalue weighted by Crippen LogP contribution is 2.25. The Balaban J connectivity index is 1.62. The molecule has 1 atom stereocenters. The van der Waals surface area contributed by atoms with E-state index in [4.69, 9.17) is 0 Å². The van der Waals surface area contributed by atoms with E-state index < -0.39 is 0 Å². The zero-order valence-electron chi connectivity index (χ0n) is 10.5. The summed E-state index contributed by atoms with van der Waals surface area (Å²) in [4.78, 5) is 0. The van der Waals surface area contributed by atoms with E-state index in [9.17, 15) is 0 Å². The highest BCUT2D eigenvalue weighted by Gasteiger charge is 2.16. The largest absolute Gasteiger partial charge is 0.313 e. The predicted octanol–water partition coefficient (Wildman–Crippen LogP) is 3.97. The summed E-state index contributed by atoms with van der Waals surface area (Å²) in [6.07, 6.45) is 14.5. The van der Waals surface area contributed by atoms with Crippen molar-refractivity contribution in [2.45, 2.75) is 75.5 Å². The van der Waals surface area contributed by atoms with Crippen molar-refractivity contribution < 1.29 is 0 Å². The van der Waals surface area contributed by atoms with Gasteiger partial charge in [-0.2, -0.15) is 11.8 Å². The van der Waals surface area contributed by atoms with Gasteiger partial charge in [0.05, 0.1) is 0 Å². The van der Waals surface area contributed by atoms with E-state index in [1.165, 1.54) is 76.5 Å². The average molecular weight is 241 g/mol. The Labute approximate surface area is 105 Å². The lowest BCUT2D eigenvalue weighted by molar-refractivity contribution is 0.387. The van der Waals surface area contributed by atoms with Gasteiger partial charge in [-0.3, -0.25) is 0 Å². The van der Waals surface area contributed by atoms with E-state index >= 15 is 0 Å². The third kappa shape index (κ3) is 4.67. The van der Waals surface area contributed by atoms with Gasteiger partial charge in [0.2, 0.25) is 0 Å². The quantitative estimate of drug-likeness (QED) is 0.802. The molecular formula is C14H27NS. The summed E-state index contributed by atoms with van der Waals surface area (Å²) in [7, 11) is 0. The minimum Gasteiger partial charge on any atom is -0.313 e. The van der Waals surface area contributed by atoms with Crippen molar-refractivity contribution in [2.24, 2.45) is 0 Å². The van der Waals surface area contributed by atoms with Crippen molar-refractivity contribution in [3.8, 4) is 0 Å². The molecule has 1 heterocycles. The van der Waals surface area contributed by atoms with Crippen LogP contribution in [0.25, 0.3) is 0 Å². The van der Waals surface area contributed by atoms with Gasteiger partial charge in [0.15, 0.2) is 0 Å². The number of rotatable bonds is 3. The van der Waals surface area contributed by atoms with Crippen LogP contribution in [-0.4, -0.2) is 23.6 Å². The summed E-state index contributed by atoms with van der Waals surface area (Å²) < 4.78 is 0. The van der Waals surface area contributed by atoms with Gasteiger partial charge in [-0.15, -0.1) is 0 Å². The Kier molecular flexibility index (Phi) is 6.06. The molecule has 0 radical (unpaired) electrons. The summed E-state index contributed by atoms with van der Waals surface area (Å²) in [6.45, 7) is 1.27. The van der Waals surface area contributed by atoms with Gasteiger partial charge in [0.25, 0.3) is 0 Å². The monoisotopic (exact) mass is 241 g/mol. The van der Waals surface area contributed by atoms with Crippen LogP contribution in [0.5, 0.6) is 0 Å². The second-order valence-corrected chi connectivity index (χ2v) is 6.85. The fourth-order valence-corrected chi connectivity index (χ4v) is 4.18. The van der Waals surface area contributed by atoms with Crippen LogP contribution >= 0.6 is 11.8 Å². The number of thioether (sulfide) groups is 1. The molecule has 1 unspecified atom stereocenters. The third-order valence-corrected chi connectivity index (χ3v) is 5.41. The van der Waals surface area contributed by atoms with Crippen LogP contribution in [0, 0.1) is 0 Å². The van der Waals surface area contributed by atoms with Crippen molar-refractivity contribution in [1.82, 2.24) is 5.32 Å². The first-order valence-electron chi connectivity index (χ1n) is 7.30. The second-order valence-electron chi connectivity index (χ2n) is 5.44. The maximum atomic E-state index is 3.84. The van der Waals surface area contributed by atoms with Crippen LogP contribution in [0.4, 0.5) is 0 Å². The molecule has 0 spiro atoms. The Hall–Kier alpha value is 0.310. The lowest BCUT2D eigenvalue weighted by Crippen LogP contribution is -2.35. The molecule has 0 aromatic rings. The van der Waals surface area contributed by atoms with Gasteiger partial charge in [-0.05, 0) is 31.4 Å². The molecule has 0 aromatic carbocycles. The minimum absolute atomic E-state index is 0.836. The lowest BCUT2D eigenvalue weighted by atomic mass is 9.96. The molecule has 1 aliphatic carbocycles. The van der Waals surface area contributed by atoms with E-state index in [-0.39, 0.29) is 0 Å². The van der Waals surface area contributed by atoms with E-state index in [0.29, 0.717) is 0 Å². The first-order chi connectivity index (χ1) is 7.95. The van der Waals surface area contributed by atoms with Crippen LogP contribution in [0.1, 0.15) is 64.2 Å². The van der Waals surface area contributed by atoms with Crippen LogP contribution < -0.4 is 5.32 Å². The second kappa shape index (κ2) is 7.60. The Morgan fingerprint density at radius 1 is 0.812 bits per heavy atom. The van der Waals surface area contributed by atoms with E-state index in [1.54, 1.807) is 0 Å². The van der Waals surface area contributed by atoms with Crippen molar-refractivity contribution in [2.75, 3.05) is 12.3 Å². The highest BCUT2D eigenvalue weighted by molar-refractivity contribution is 7.99. The molecule has 2 fully saturated rings. The third-order valence-electron chi connectivity index (χ3n) is 4.01. The molecule has 1 N–H and O–H groups in total. The Morgan fingerprint density at radius 2 is 1.50 bits per heavy atom. The summed E-state index contributed by atoms with van der Waals surface area (Å²) in [5, 5.41) is 4.75. The maximum absolute atomic E-state index is 3.84. The van der Waals surface area contributed by atoms with Gasteiger partial charge in [0, 0.05) is 17.8 Å². The molecule has 1 nitrogen and oxygen atoms in total. The van der Waals surface area contributed by atoms with Crippen molar-refractivity contribution in [1.29, 1.82) is 0 Å². The summed E-state index contributed by atoms with van der Waals surface area (Å²) >= 11 is 2.20. The number of hydrogen-bond acceptors (Lipinski definition) is 2. The fourth-order valence-electron chi connectivity index (χ4n) is 2.93. The normalized spacial score (nSPS) is 29.6. The summed E-state index contributed by atoms with van der Waals surface area (Å²) in [5.41, 5.74) is 0. The number of hydrogen-bond donors (Lipinski definition) is 1. The zero-order chi connectivity index (χ0) is 11.1. The fraction of sp³-hybridized carbons (Fsp3) is 1.00. The predicted molar refractivity (Wildman–Crippen MR) is 74.2 cm³/mol. The van der Waals surface area contributed by atoms with Crippen LogP contribution in [0.3, 0.4) is 0 Å². The van der Waals surface area contributed by atoms with Crippen molar-refractivity contribution in [3.05, 3.63) is 0 Å². The molecule has 0 amide bonds. The van der Waals surface area contributed by atoms with E-state index in [0.717, 1.165) is 11.3 Å². The molecule has 16 heavy (non-hydrogen) atoms. The van der Waals surface area contributed by atoms with Crippen LogP contribution in [0.15, 0.2) is 0 Å². The average Bonchev–Trinajstić information content (AvgIpc) is 2.29. The van der Waals surface area contributed by atoms with Crippen molar-refractivity contribution >= 4 is 11.8 Å². The standard InChI is InChI=1S/C14H27NS/c1-2-4-8-13(9-5-3-1)15-12-14-10-6-7-11-16-14/h13-15H,1-12H2. The molecular weight excluding hydrogens is 214 g/mol. The van der Waals surface area contributed by atoms with Crippen LogP contribution in [0.2, 0.25) is 0 Å². The van der Waals surface area contributed by atoms with E-state index in [1.807, 2.05) is 0 Å².